The third kappa shape index (κ3) is 3.17. The van der Waals surface area contributed by atoms with Gasteiger partial charge >= 0.3 is 0 Å². The molecular formula is C13H19NO. The van der Waals surface area contributed by atoms with E-state index in [0.717, 1.165) is 17.7 Å². The third-order valence-corrected chi connectivity index (χ3v) is 2.64. The van der Waals surface area contributed by atoms with Crippen molar-refractivity contribution in [2.45, 2.75) is 20.8 Å². The number of aryl methyl sites for hydroxylation is 2. The standard InChI is InChI=1S/C13H19NO/c1-5-14(4)9-13(15)12-7-6-10(2)8-11(12)3/h6-8H,5,9H2,1-4H3. The Morgan fingerprint density at radius 1 is 1.33 bits per heavy atom. The second kappa shape index (κ2) is 5.08. The van der Waals surface area contributed by atoms with Crippen LogP contribution in [0.25, 0.3) is 0 Å². The summed E-state index contributed by atoms with van der Waals surface area (Å²) in [4.78, 5) is 13.9. The molecule has 0 radical (unpaired) electrons. The van der Waals surface area contributed by atoms with Gasteiger partial charge in [-0.1, -0.05) is 30.7 Å². The maximum atomic E-state index is 11.9. The predicted octanol–water partition coefficient (Wildman–Crippen LogP) is 2.44. The normalized spacial score (nSPS) is 10.7. The fraction of sp³-hybridized carbons (Fsp3) is 0.462. The average Bonchev–Trinajstić information content (AvgIpc) is 2.17. The van der Waals surface area contributed by atoms with E-state index in [0.29, 0.717) is 6.54 Å². The van der Waals surface area contributed by atoms with Crippen LogP contribution in [0.3, 0.4) is 0 Å². The van der Waals surface area contributed by atoms with Crippen LogP contribution in [0.15, 0.2) is 18.2 Å². The zero-order chi connectivity index (χ0) is 11.4. The summed E-state index contributed by atoms with van der Waals surface area (Å²) in [5.41, 5.74) is 3.12. The minimum absolute atomic E-state index is 0.205. The van der Waals surface area contributed by atoms with Gasteiger partial charge in [0, 0.05) is 5.56 Å². The molecular weight excluding hydrogens is 186 g/mol. The Hall–Kier alpha value is -1.15. The zero-order valence-corrected chi connectivity index (χ0v) is 10.0. The van der Waals surface area contributed by atoms with Crippen LogP contribution in [0.1, 0.15) is 28.4 Å². The van der Waals surface area contributed by atoms with Crippen LogP contribution in [-0.2, 0) is 0 Å². The summed E-state index contributed by atoms with van der Waals surface area (Å²) in [6.45, 7) is 7.48. The molecule has 0 bridgehead atoms. The number of hydrogen-bond acceptors (Lipinski definition) is 2. The van der Waals surface area contributed by atoms with E-state index in [1.54, 1.807) is 0 Å². The largest absolute Gasteiger partial charge is 0.299 e. The molecule has 0 saturated heterocycles. The third-order valence-electron chi connectivity index (χ3n) is 2.64. The zero-order valence-electron chi connectivity index (χ0n) is 10.0. The Kier molecular flexibility index (Phi) is 4.04. The van der Waals surface area contributed by atoms with Crippen LogP contribution in [0.4, 0.5) is 0 Å². The maximum absolute atomic E-state index is 11.9. The Bertz CT molecular complexity index is 358. The number of carbonyl (C=O) groups is 1. The molecule has 0 spiro atoms. The lowest BCUT2D eigenvalue weighted by Gasteiger charge is -2.13. The smallest absolute Gasteiger partial charge is 0.177 e. The fourth-order valence-corrected chi connectivity index (χ4v) is 1.57. The minimum Gasteiger partial charge on any atom is -0.299 e. The summed E-state index contributed by atoms with van der Waals surface area (Å²) in [5.74, 6) is 0.205. The van der Waals surface area contributed by atoms with Crippen LogP contribution in [0, 0.1) is 13.8 Å². The van der Waals surface area contributed by atoms with E-state index in [4.69, 9.17) is 0 Å². The summed E-state index contributed by atoms with van der Waals surface area (Å²) in [6.07, 6.45) is 0. The molecule has 1 rings (SSSR count). The number of nitrogens with zero attached hydrogens (tertiary/aromatic N) is 1. The lowest BCUT2D eigenvalue weighted by atomic mass is 10.0. The Morgan fingerprint density at radius 2 is 2.00 bits per heavy atom. The average molecular weight is 205 g/mol. The van der Waals surface area contributed by atoms with Gasteiger partial charge < -0.3 is 0 Å². The van der Waals surface area contributed by atoms with Crippen molar-refractivity contribution in [1.82, 2.24) is 4.90 Å². The first-order valence-electron chi connectivity index (χ1n) is 5.33. The molecule has 0 amide bonds. The van der Waals surface area contributed by atoms with Crippen LogP contribution in [-0.4, -0.2) is 30.8 Å². The first-order chi connectivity index (χ1) is 7.04. The Balaban J connectivity index is 2.82. The van der Waals surface area contributed by atoms with Crippen LogP contribution in [0.2, 0.25) is 0 Å². The molecule has 1 aromatic carbocycles. The molecule has 82 valence electrons. The summed E-state index contributed by atoms with van der Waals surface area (Å²) >= 11 is 0. The Labute approximate surface area is 91.9 Å². The topological polar surface area (TPSA) is 20.3 Å². The molecule has 0 aliphatic heterocycles. The summed E-state index contributed by atoms with van der Waals surface area (Å²) < 4.78 is 0. The second-order valence-corrected chi connectivity index (χ2v) is 4.07. The van der Waals surface area contributed by atoms with E-state index >= 15 is 0 Å². The molecule has 0 aliphatic rings. The Morgan fingerprint density at radius 3 is 2.53 bits per heavy atom. The van der Waals surface area contributed by atoms with Gasteiger partial charge in [0.25, 0.3) is 0 Å². The van der Waals surface area contributed by atoms with Gasteiger partial charge in [-0.2, -0.15) is 0 Å². The van der Waals surface area contributed by atoms with Gasteiger partial charge in [-0.15, -0.1) is 0 Å². The van der Waals surface area contributed by atoms with Crippen LogP contribution >= 0.6 is 0 Å². The van der Waals surface area contributed by atoms with E-state index < -0.39 is 0 Å². The van der Waals surface area contributed by atoms with Crippen molar-refractivity contribution in [2.24, 2.45) is 0 Å². The van der Waals surface area contributed by atoms with Crippen molar-refractivity contribution in [2.75, 3.05) is 20.1 Å². The van der Waals surface area contributed by atoms with Gasteiger partial charge in [0.1, 0.15) is 0 Å². The van der Waals surface area contributed by atoms with Gasteiger partial charge in [0.2, 0.25) is 0 Å². The highest BCUT2D eigenvalue weighted by Gasteiger charge is 2.10. The molecule has 0 N–H and O–H groups in total. The molecule has 0 saturated carbocycles. The van der Waals surface area contributed by atoms with Crippen molar-refractivity contribution < 1.29 is 4.79 Å². The van der Waals surface area contributed by atoms with Crippen molar-refractivity contribution in [1.29, 1.82) is 0 Å². The predicted molar refractivity (Wildman–Crippen MR) is 63.4 cm³/mol. The first kappa shape index (κ1) is 11.9. The highest BCUT2D eigenvalue weighted by molar-refractivity contribution is 5.98. The SMILES string of the molecule is CCN(C)CC(=O)c1ccc(C)cc1C. The number of Topliss-reactive ketones (excluding diaryl/α,β-unsaturated/α-hetero) is 1. The molecule has 2 heteroatoms. The van der Waals surface area contributed by atoms with Crippen LogP contribution < -0.4 is 0 Å². The number of benzene rings is 1. The van der Waals surface area contributed by atoms with Gasteiger partial charge in [-0.25, -0.2) is 0 Å². The molecule has 0 fully saturated rings. The second-order valence-electron chi connectivity index (χ2n) is 4.07. The van der Waals surface area contributed by atoms with Gasteiger partial charge in [0.05, 0.1) is 6.54 Å². The number of ketones is 1. The van der Waals surface area contributed by atoms with E-state index in [1.807, 2.05) is 37.9 Å². The quantitative estimate of drug-likeness (QED) is 0.704. The van der Waals surface area contributed by atoms with E-state index in [2.05, 4.69) is 13.0 Å². The van der Waals surface area contributed by atoms with Crippen molar-refractivity contribution >= 4 is 5.78 Å². The fourth-order valence-electron chi connectivity index (χ4n) is 1.57. The first-order valence-corrected chi connectivity index (χ1v) is 5.33. The number of carbonyl (C=O) groups excluding carboxylic acids is 1. The lowest BCUT2D eigenvalue weighted by molar-refractivity contribution is 0.0948. The molecule has 0 aromatic heterocycles. The molecule has 0 aliphatic carbocycles. The number of hydrogen-bond donors (Lipinski definition) is 0. The van der Waals surface area contributed by atoms with Gasteiger partial charge in [0.15, 0.2) is 5.78 Å². The summed E-state index contributed by atoms with van der Waals surface area (Å²) in [7, 11) is 1.96. The van der Waals surface area contributed by atoms with Crippen molar-refractivity contribution in [3.8, 4) is 0 Å². The highest BCUT2D eigenvalue weighted by Crippen LogP contribution is 2.11. The molecule has 1 aromatic rings. The minimum atomic E-state index is 0.205. The summed E-state index contributed by atoms with van der Waals surface area (Å²) in [5, 5.41) is 0. The molecule has 15 heavy (non-hydrogen) atoms. The van der Waals surface area contributed by atoms with Gasteiger partial charge in [-0.3, -0.25) is 9.69 Å². The maximum Gasteiger partial charge on any atom is 0.177 e. The molecule has 2 nitrogen and oxygen atoms in total. The molecule has 0 atom stereocenters. The van der Waals surface area contributed by atoms with E-state index in [1.165, 1.54) is 5.56 Å². The van der Waals surface area contributed by atoms with Crippen molar-refractivity contribution in [3.63, 3.8) is 0 Å². The monoisotopic (exact) mass is 205 g/mol. The van der Waals surface area contributed by atoms with Gasteiger partial charge in [-0.05, 0) is 33.0 Å². The van der Waals surface area contributed by atoms with Crippen molar-refractivity contribution in [3.05, 3.63) is 34.9 Å². The molecule has 0 unspecified atom stereocenters. The number of likely N-dealkylation sites (N-methyl/N-ethyl adjacent to an activating group) is 1. The molecule has 0 heterocycles. The van der Waals surface area contributed by atoms with E-state index in [-0.39, 0.29) is 5.78 Å². The summed E-state index contributed by atoms with van der Waals surface area (Å²) in [6, 6.07) is 5.97. The number of rotatable bonds is 4. The highest BCUT2D eigenvalue weighted by atomic mass is 16.1. The van der Waals surface area contributed by atoms with Crippen LogP contribution in [0.5, 0.6) is 0 Å². The lowest BCUT2D eigenvalue weighted by Crippen LogP contribution is -2.26. The van der Waals surface area contributed by atoms with E-state index in [9.17, 15) is 4.79 Å².